The van der Waals surface area contributed by atoms with Crippen LogP contribution in [0.1, 0.15) is 12.8 Å². The summed E-state index contributed by atoms with van der Waals surface area (Å²) in [7, 11) is 0. The number of rotatable bonds is 3. The fraction of sp³-hybridized carbons (Fsp3) is 0.545. The third-order valence-electron chi connectivity index (χ3n) is 3.91. The van der Waals surface area contributed by atoms with Crippen LogP contribution in [0.2, 0.25) is 0 Å². The van der Waals surface area contributed by atoms with Gasteiger partial charge in [-0.25, -0.2) is 4.79 Å². The van der Waals surface area contributed by atoms with Crippen LogP contribution in [0.5, 0.6) is 0 Å². The zero-order valence-electron chi connectivity index (χ0n) is 9.42. The first-order valence-electron chi connectivity index (χ1n) is 5.77. The van der Waals surface area contributed by atoms with Crippen LogP contribution in [0, 0.1) is 5.92 Å². The zero-order chi connectivity index (χ0) is 13.0. The van der Waals surface area contributed by atoms with Crippen molar-refractivity contribution in [2.45, 2.75) is 24.9 Å². The molecule has 3 atom stereocenters. The first kappa shape index (κ1) is 11.2. The summed E-state index contributed by atoms with van der Waals surface area (Å²) in [5.41, 5.74) is 0.273. The van der Waals surface area contributed by atoms with Crippen molar-refractivity contribution in [2.24, 2.45) is 5.92 Å². The van der Waals surface area contributed by atoms with E-state index < -0.39 is 11.9 Å². The maximum Gasteiger partial charge on any atom is 0.352 e. The molecule has 18 heavy (non-hydrogen) atoms. The molecule has 2 saturated heterocycles. The molecule has 3 rings (SSSR count). The minimum absolute atomic E-state index is 0.114. The van der Waals surface area contributed by atoms with Crippen molar-refractivity contribution in [1.29, 1.82) is 0 Å². The van der Waals surface area contributed by atoms with Gasteiger partial charge in [0.25, 0.3) is 0 Å². The number of piperidine rings is 1. The Morgan fingerprint density at radius 3 is 2.72 bits per heavy atom. The molecule has 0 aromatic carbocycles. The van der Waals surface area contributed by atoms with Crippen LogP contribution in [0.4, 0.5) is 0 Å². The number of carbonyl (C=O) groups is 3. The standard InChI is InChI=1S/C11H12N2O5/c14-6(15)3-5-4-1-2-12-7-8(4)13(10(7)16)9(5)11(17)18/h4,7-8,12H,1-3H2,(H,14,15)(H,17,18)/t4?,7-,8+/m0/s1. The van der Waals surface area contributed by atoms with E-state index in [0.29, 0.717) is 18.5 Å². The molecule has 3 aliphatic rings. The number of amides is 1. The lowest BCUT2D eigenvalue weighted by atomic mass is 9.79. The quantitative estimate of drug-likeness (QED) is 0.556. The van der Waals surface area contributed by atoms with Gasteiger partial charge in [-0.3, -0.25) is 14.5 Å². The van der Waals surface area contributed by atoms with Gasteiger partial charge in [0.05, 0.1) is 12.5 Å². The Balaban J connectivity index is 2.04. The average molecular weight is 252 g/mol. The summed E-state index contributed by atoms with van der Waals surface area (Å²) in [6.07, 6.45) is 0.365. The van der Waals surface area contributed by atoms with Crippen LogP contribution in [0.15, 0.2) is 11.3 Å². The molecule has 3 N–H and O–H groups in total. The second-order valence-electron chi connectivity index (χ2n) is 4.78. The van der Waals surface area contributed by atoms with Gasteiger partial charge in [0.2, 0.25) is 5.91 Å². The van der Waals surface area contributed by atoms with Gasteiger partial charge in [0.1, 0.15) is 11.7 Å². The van der Waals surface area contributed by atoms with Crippen LogP contribution >= 0.6 is 0 Å². The summed E-state index contributed by atoms with van der Waals surface area (Å²) in [6.45, 7) is 0.613. The van der Waals surface area contributed by atoms with E-state index in [1.165, 1.54) is 4.90 Å². The summed E-state index contributed by atoms with van der Waals surface area (Å²) in [5, 5.41) is 21.1. The van der Waals surface area contributed by atoms with Crippen molar-refractivity contribution in [1.82, 2.24) is 10.2 Å². The van der Waals surface area contributed by atoms with E-state index in [1.54, 1.807) is 0 Å². The van der Waals surface area contributed by atoms with Gasteiger partial charge in [-0.2, -0.15) is 0 Å². The number of nitrogens with one attached hydrogen (secondary N) is 1. The molecule has 0 aromatic heterocycles. The number of hydrogen-bond donors (Lipinski definition) is 3. The average Bonchev–Trinajstić information content (AvgIpc) is 2.62. The normalized spacial score (nSPS) is 33.2. The number of aliphatic carboxylic acids is 2. The second-order valence-corrected chi connectivity index (χ2v) is 4.78. The Bertz CT molecular complexity index is 498. The fourth-order valence-corrected chi connectivity index (χ4v) is 3.28. The lowest BCUT2D eigenvalue weighted by Gasteiger charge is -2.48. The van der Waals surface area contributed by atoms with Crippen LogP contribution < -0.4 is 5.32 Å². The van der Waals surface area contributed by atoms with Crippen LogP contribution in [0.3, 0.4) is 0 Å². The summed E-state index contributed by atoms with van der Waals surface area (Å²) in [5.74, 6) is -2.67. The molecule has 3 heterocycles. The van der Waals surface area contributed by atoms with E-state index in [4.69, 9.17) is 5.11 Å². The summed E-state index contributed by atoms with van der Waals surface area (Å²) < 4.78 is 0. The first-order valence-corrected chi connectivity index (χ1v) is 5.77. The van der Waals surface area contributed by atoms with E-state index in [1.807, 2.05) is 0 Å². The van der Waals surface area contributed by atoms with E-state index in [0.717, 1.165) is 0 Å². The molecule has 1 unspecified atom stereocenters. The molecule has 7 heteroatoms. The highest BCUT2D eigenvalue weighted by Crippen LogP contribution is 2.47. The number of β-lactam (4-membered cyclic amide) rings is 1. The van der Waals surface area contributed by atoms with Crippen molar-refractivity contribution in [2.75, 3.05) is 6.54 Å². The molecule has 2 fully saturated rings. The number of carboxylic acids is 2. The fourth-order valence-electron chi connectivity index (χ4n) is 3.28. The van der Waals surface area contributed by atoms with Gasteiger partial charge in [-0.05, 0) is 18.5 Å². The maximum atomic E-state index is 11.8. The highest BCUT2D eigenvalue weighted by Gasteiger charge is 2.60. The summed E-state index contributed by atoms with van der Waals surface area (Å²) in [4.78, 5) is 35.2. The molecule has 96 valence electrons. The monoisotopic (exact) mass is 252 g/mol. The van der Waals surface area contributed by atoms with Crippen molar-refractivity contribution in [3.05, 3.63) is 11.3 Å². The molecule has 0 spiro atoms. The number of nitrogens with zero attached hydrogens (tertiary/aromatic N) is 1. The van der Waals surface area contributed by atoms with E-state index in [-0.39, 0.29) is 36.0 Å². The third kappa shape index (κ3) is 1.25. The van der Waals surface area contributed by atoms with E-state index >= 15 is 0 Å². The Morgan fingerprint density at radius 2 is 2.11 bits per heavy atom. The Labute approximate surface area is 102 Å². The van der Waals surface area contributed by atoms with E-state index in [2.05, 4.69) is 5.32 Å². The highest BCUT2D eigenvalue weighted by atomic mass is 16.4. The molecule has 1 amide bonds. The topological polar surface area (TPSA) is 107 Å². The lowest BCUT2D eigenvalue weighted by Crippen LogP contribution is -2.71. The number of carboxylic acid groups (broad SMARTS) is 2. The van der Waals surface area contributed by atoms with Crippen molar-refractivity contribution in [3.8, 4) is 0 Å². The molecular weight excluding hydrogens is 240 g/mol. The van der Waals surface area contributed by atoms with Crippen molar-refractivity contribution >= 4 is 17.8 Å². The Hall–Kier alpha value is -1.89. The van der Waals surface area contributed by atoms with Gasteiger partial charge in [0, 0.05) is 5.92 Å². The third-order valence-corrected chi connectivity index (χ3v) is 3.91. The number of hydrogen-bond acceptors (Lipinski definition) is 4. The first-order chi connectivity index (χ1) is 8.52. The number of carbonyl (C=O) groups excluding carboxylic acids is 1. The highest BCUT2D eigenvalue weighted by molar-refractivity contribution is 6.02. The van der Waals surface area contributed by atoms with Crippen molar-refractivity contribution in [3.63, 3.8) is 0 Å². The minimum Gasteiger partial charge on any atom is -0.481 e. The van der Waals surface area contributed by atoms with Gasteiger partial charge in [0.15, 0.2) is 0 Å². The van der Waals surface area contributed by atoms with Crippen LogP contribution in [-0.2, 0) is 14.4 Å². The molecule has 3 aliphatic heterocycles. The largest absolute Gasteiger partial charge is 0.481 e. The SMILES string of the molecule is O=C(O)CC1=C(C(=O)O)N2C(=O)[C@H]3NCCC1[C@H]32. The molecule has 0 saturated carbocycles. The van der Waals surface area contributed by atoms with Gasteiger partial charge in [-0.1, -0.05) is 0 Å². The summed E-state index contributed by atoms with van der Waals surface area (Å²) in [6, 6.07) is -0.545. The predicted molar refractivity (Wildman–Crippen MR) is 57.4 cm³/mol. The Morgan fingerprint density at radius 1 is 1.39 bits per heavy atom. The molecule has 0 aliphatic carbocycles. The van der Waals surface area contributed by atoms with Gasteiger partial charge < -0.3 is 15.5 Å². The molecule has 7 nitrogen and oxygen atoms in total. The second kappa shape index (κ2) is 3.55. The van der Waals surface area contributed by atoms with Gasteiger partial charge >= 0.3 is 11.9 Å². The summed E-state index contributed by atoms with van der Waals surface area (Å²) >= 11 is 0. The maximum absolute atomic E-state index is 11.8. The molecular formula is C11H12N2O5. The van der Waals surface area contributed by atoms with Crippen molar-refractivity contribution < 1.29 is 24.6 Å². The Kier molecular flexibility index (Phi) is 2.21. The van der Waals surface area contributed by atoms with Gasteiger partial charge in [-0.15, -0.1) is 0 Å². The van der Waals surface area contributed by atoms with Crippen LogP contribution in [-0.4, -0.2) is 51.6 Å². The lowest BCUT2D eigenvalue weighted by molar-refractivity contribution is -0.154. The molecule has 0 bridgehead atoms. The minimum atomic E-state index is -1.22. The predicted octanol–water partition coefficient (Wildman–Crippen LogP) is -0.998. The molecule has 0 aromatic rings. The molecule has 0 radical (unpaired) electrons. The van der Waals surface area contributed by atoms with E-state index in [9.17, 15) is 19.5 Å². The zero-order valence-corrected chi connectivity index (χ0v) is 9.42. The smallest absolute Gasteiger partial charge is 0.352 e. The van der Waals surface area contributed by atoms with Crippen LogP contribution in [0.25, 0.3) is 0 Å².